The molecule has 0 saturated carbocycles. The molecule has 2 N–H and O–H groups in total. The van der Waals surface area contributed by atoms with E-state index in [0.29, 0.717) is 17.1 Å². The highest BCUT2D eigenvalue weighted by atomic mass is 35.5. The lowest BCUT2D eigenvalue weighted by Crippen LogP contribution is -2.32. The number of carbonyl (C=O) groups is 1. The number of benzene rings is 1. The van der Waals surface area contributed by atoms with Gasteiger partial charge in [0, 0.05) is 29.7 Å². The second-order valence-electron chi connectivity index (χ2n) is 4.21. The maximum Gasteiger partial charge on any atom is 0.254 e. The van der Waals surface area contributed by atoms with Crippen LogP contribution in [0.4, 0.5) is 0 Å². The van der Waals surface area contributed by atoms with Gasteiger partial charge in [-0.1, -0.05) is 17.7 Å². The van der Waals surface area contributed by atoms with Gasteiger partial charge >= 0.3 is 0 Å². The predicted molar refractivity (Wildman–Crippen MR) is 71.9 cm³/mol. The summed E-state index contributed by atoms with van der Waals surface area (Å²) in [5, 5.41) is 0.634. The number of hydrogen-bond donors (Lipinski definition) is 1. The molecule has 1 aromatic carbocycles. The minimum absolute atomic E-state index is 0. The molecule has 3 nitrogen and oxygen atoms in total. The standard InChI is InChI=1S/C12H15ClN2O.ClH/c1-8-10(3-2-4-11(8)13)12(16)15-6-5-9(14)7-15;/h2-4,9H,5-7,14H2,1H3;1H/t9-;/m1./s1. The summed E-state index contributed by atoms with van der Waals surface area (Å²) in [7, 11) is 0. The molecule has 1 aromatic rings. The molecule has 0 spiro atoms. The van der Waals surface area contributed by atoms with Crippen LogP contribution in [0.3, 0.4) is 0 Å². The molecule has 0 aliphatic carbocycles. The molecule has 1 heterocycles. The van der Waals surface area contributed by atoms with Crippen molar-refractivity contribution in [2.45, 2.75) is 19.4 Å². The third-order valence-corrected chi connectivity index (χ3v) is 3.42. The highest BCUT2D eigenvalue weighted by molar-refractivity contribution is 6.31. The fourth-order valence-electron chi connectivity index (χ4n) is 1.98. The van der Waals surface area contributed by atoms with Crippen molar-refractivity contribution in [1.82, 2.24) is 4.90 Å². The van der Waals surface area contributed by atoms with E-state index in [4.69, 9.17) is 17.3 Å². The largest absolute Gasteiger partial charge is 0.337 e. The van der Waals surface area contributed by atoms with Gasteiger partial charge in [-0.2, -0.15) is 0 Å². The van der Waals surface area contributed by atoms with Gasteiger partial charge in [0.05, 0.1) is 0 Å². The SMILES string of the molecule is Cc1c(Cl)cccc1C(=O)N1CC[C@@H](N)C1.Cl. The second kappa shape index (κ2) is 5.71. The predicted octanol–water partition coefficient (Wildman–Crippen LogP) is 2.24. The van der Waals surface area contributed by atoms with E-state index in [0.717, 1.165) is 18.5 Å². The molecule has 0 bridgehead atoms. The van der Waals surface area contributed by atoms with Crippen LogP contribution in [-0.2, 0) is 0 Å². The van der Waals surface area contributed by atoms with Crippen LogP contribution in [0.15, 0.2) is 18.2 Å². The maximum absolute atomic E-state index is 12.2. The molecule has 1 atom stereocenters. The molecule has 1 fully saturated rings. The monoisotopic (exact) mass is 274 g/mol. The van der Waals surface area contributed by atoms with Crippen molar-refractivity contribution in [2.24, 2.45) is 5.73 Å². The van der Waals surface area contributed by atoms with Gasteiger partial charge in [-0.05, 0) is 31.0 Å². The Morgan fingerprint density at radius 3 is 2.82 bits per heavy atom. The molecule has 2 rings (SSSR count). The Morgan fingerprint density at radius 2 is 2.24 bits per heavy atom. The Balaban J connectivity index is 0.00000144. The molecule has 94 valence electrons. The van der Waals surface area contributed by atoms with Crippen molar-refractivity contribution in [1.29, 1.82) is 0 Å². The summed E-state index contributed by atoms with van der Waals surface area (Å²) in [6.07, 6.45) is 0.880. The first-order valence-electron chi connectivity index (χ1n) is 5.39. The summed E-state index contributed by atoms with van der Waals surface area (Å²) >= 11 is 6.00. The van der Waals surface area contributed by atoms with E-state index in [1.807, 2.05) is 13.0 Å². The fraction of sp³-hybridized carbons (Fsp3) is 0.417. The number of carbonyl (C=O) groups excluding carboxylic acids is 1. The summed E-state index contributed by atoms with van der Waals surface area (Å²) in [5.74, 6) is 0.0351. The van der Waals surface area contributed by atoms with E-state index < -0.39 is 0 Å². The molecule has 1 saturated heterocycles. The molecule has 1 aliphatic heterocycles. The first-order valence-corrected chi connectivity index (χ1v) is 5.77. The molecule has 0 radical (unpaired) electrons. The first kappa shape index (κ1) is 14.3. The van der Waals surface area contributed by atoms with Crippen LogP contribution in [0.2, 0.25) is 5.02 Å². The zero-order chi connectivity index (χ0) is 11.7. The molecule has 1 amide bonds. The molecule has 0 aromatic heterocycles. The van der Waals surface area contributed by atoms with Crippen molar-refractivity contribution >= 4 is 29.9 Å². The highest BCUT2D eigenvalue weighted by Crippen LogP contribution is 2.21. The third-order valence-electron chi connectivity index (χ3n) is 3.01. The van der Waals surface area contributed by atoms with Gasteiger partial charge in [0.1, 0.15) is 0 Å². The molecule has 17 heavy (non-hydrogen) atoms. The summed E-state index contributed by atoms with van der Waals surface area (Å²) in [5.41, 5.74) is 7.31. The lowest BCUT2D eigenvalue weighted by molar-refractivity contribution is 0.0790. The van der Waals surface area contributed by atoms with Crippen LogP contribution >= 0.6 is 24.0 Å². The Morgan fingerprint density at radius 1 is 1.53 bits per heavy atom. The number of halogens is 2. The molecule has 1 aliphatic rings. The van der Waals surface area contributed by atoms with Crippen LogP contribution in [0.25, 0.3) is 0 Å². The van der Waals surface area contributed by atoms with Crippen LogP contribution in [0.5, 0.6) is 0 Å². The lowest BCUT2D eigenvalue weighted by Gasteiger charge is -2.17. The van der Waals surface area contributed by atoms with Gasteiger partial charge < -0.3 is 10.6 Å². The number of hydrogen-bond acceptors (Lipinski definition) is 2. The number of nitrogens with zero attached hydrogens (tertiary/aromatic N) is 1. The summed E-state index contributed by atoms with van der Waals surface area (Å²) in [6, 6.07) is 5.53. The average Bonchev–Trinajstić information content (AvgIpc) is 2.68. The lowest BCUT2D eigenvalue weighted by atomic mass is 10.1. The van der Waals surface area contributed by atoms with Gasteiger partial charge in [0.15, 0.2) is 0 Å². The Hall–Kier alpha value is -0.770. The van der Waals surface area contributed by atoms with E-state index in [9.17, 15) is 4.79 Å². The topological polar surface area (TPSA) is 46.3 Å². The highest BCUT2D eigenvalue weighted by Gasteiger charge is 2.25. The Bertz CT molecular complexity index is 423. The minimum Gasteiger partial charge on any atom is -0.337 e. The van der Waals surface area contributed by atoms with E-state index in [1.165, 1.54) is 0 Å². The van der Waals surface area contributed by atoms with Crippen LogP contribution in [-0.4, -0.2) is 29.9 Å². The first-order chi connectivity index (χ1) is 7.59. The van der Waals surface area contributed by atoms with Crippen molar-refractivity contribution < 1.29 is 4.79 Å². The third kappa shape index (κ3) is 2.92. The normalized spacial score (nSPS) is 19.0. The van der Waals surface area contributed by atoms with Crippen molar-refractivity contribution in [3.8, 4) is 0 Å². The smallest absolute Gasteiger partial charge is 0.254 e. The van der Waals surface area contributed by atoms with Gasteiger partial charge in [-0.3, -0.25) is 4.79 Å². The van der Waals surface area contributed by atoms with Gasteiger partial charge in [0.25, 0.3) is 5.91 Å². The van der Waals surface area contributed by atoms with Gasteiger partial charge in [-0.15, -0.1) is 12.4 Å². The van der Waals surface area contributed by atoms with Crippen molar-refractivity contribution in [2.75, 3.05) is 13.1 Å². The number of amides is 1. The number of nitrogens with two attached hydrogens (primary N) is 1. The zero-order valence-electron chi connectivity index (χ0n) is 9.65. The Labute approximate surface area is 112 Å². The van der Waals surface area contributed by atoms with Crippen LogP contribution in [0, 0.1) is 6.92 Å². The summed E-state index contributed by atoms with van der Waals surface area (Å²) in [6.45, 7) is 3.25. The van der Waals surface area contributed by atoms with Gasteiger partial charge in [0.2, 0.25) is 0 Å². The molecule has 0 unspecified atom stereocenters. The summed E-state index contributed by atoms with van der Waals surface area (Å²) in [4.78, 5) is 14.0. The van der Waals surface area contributed by atoms with Crippen LogP contribution < -0.4 is 5.73 Å². The quantitative estimate of drug-likeness (QED) is 0.854. The minimum atomic E-state index is 0. The van der Waals surface area contributed by atoms with Crippen LogP contribution in [0.1, 0.15) is 22.3 Å². The number of rotatable bonds is 1. The van der Waals surface area contributed by atoms with E-state index in [-0.39, 0.29) is 24.4 Å². The van der Waals surface area contributed by atoms with Crippen molar-refractivity contribution in [3.63, 3.8) is 0 Å². The van der Waals surface area contributed by atoms with E-state index in [1.54, 1.807) is 17.0 Å². The van der Waals surface area contributed by atoms with E-state index in [2.05, 4.69) is 0 Å². The molecular formula is C12H16Cl2N2O. The molecule has 5 heteroatoms. The fourth-order valence-corrected chi connectivity index (χ4v) is 2.16. The summed E-state index contributed by atoms with van der Waals surface area (Å²) < 4.78 is 0. The average molecular weight is 275 g/mol. The van der Waals surface area contributed by atoms with Gasteiger partial charge in [-0.25, -0.2) is 0 Å². The zero-order valence-corrected chi connectivity index (χ0v) is 11.2. The maximum atomic E-state index is 12.2. The van der Waals surface area contributed by atoms with E-state index >= 15 is 0 Å². The van der Waals surface area contributed by atoms with Crippen molar-refractivity contribution in [3.05, 3.63) is 34.3 Å². The number of likely N-dealkylation sites (tertiary alicyclic amines) is 1. The Kier molecular flexibility index (Phi) is 4.80. The molecular weight excluding hydrogens is 259 g/mol. The second-order valence-corrected chi connectivity index (χ2v) is 4.62.